The number of nitroso groups, excluding NO2 is 1. The number of aromatic hydroxyl groups is 1. The monoisotopic (exact) mass is 174 g/mol. The molecule has 1 aromatic carbocycles. The van der Waals surface area contributed by atoms with E-state index in [9.17, 15) is 4.91 Å². The van der Waals surface area contributed by atoms with Gasteiger partial charge < -0.3 is 5.11 Å². The fourth-order valence-electron chi connectivity index (χ4n) is 1.20. The van der Waals surface area contributed by atoms with Gasteiger partial charge in [-0.05, 0) is 23.4 Å². The molecule has 0 unspecified atom stereocenters. The molecule has 4 heteroatoms. The molecule has 0 saturated carbocycles. The van der Waals surface area contributed by atoms with E-state index in [0.29, 0.717) is 16.6 Å². The SMILES string of the molecule is O=Nc1cccc2ncc(O)cc12. The number of rotatable bonds is 1. The summed E-state index contributed by atoms with van der Waals surface area (Å²) in [6, 6.07) is 6.50. The van der Waals surface area contributed by atoms with E-state index in [4.69, 9.17) is 5.11 Å². The Kier molecular flexibility index (Phi) is 1.66. The van der Waals surface area contributed by atoms with Crippen LogP contribution in [0, 0.1) is 4.91 Å². The largest absolute Gasteiger partial charge is 0.506 e. The Labute approximate surface area is 73.8 Å². The lowest BCUT2D eigenvalue weighted by Gasteiger charge is -1.98. The summed E-state index contributed by atoms with van der Waals surface area (Å²) < 4.78 is 0. The van der Waals surface area contributed by atoms with Gasteiger partial charge in [0.05, 0.1) is 11.7 Å². The van der Waals surface area contributed by atoms with Gasteiger partial charge in [0, 0.05) is 5.39 Å². The van der Waals surface area contributed by atoms with Gasteiger partial charge in [-0.15, -0.1) is 4.91 Å². The third kappa shape index (κ3) is 1.22. The molecule has 64 valence electrons. The highest BCUT2D eigenvalue weighted by molar-refractivity contribution is 5.90. The fraction of sp³-hybridized carbons (Fsp3) is 0. The Bertz CT molecular complexity index is 468. The van der Waals surface area contributed by atoms with Gasteiger partial charge in [0.1, 0.15) is 11.4 Å². The van der Waals surface area contributed by atoms with Crippen molar-refractivity contribution < 1.29 is 5.11 Å². The van der Waals surface area contributed by atoms with Gasteiger partial charge >= 0.3 is 0 Å². The predicted molar refractivity (Wildman–Crippen MR) is 48.9 cm³/mol. The van der Waals surface area contributed by atoms with E-state index < -0.39 is 0 Å². The summed E-state index contributed by atoms with van der Waals surface area (Å²) >= 11 is 0. The average molecular weight is 174 g/mol. The zero-order valence-corrected chi connectivity index (χ0v) is 6.64. The van der Waals surface area contributed by atoms with Crippen LogP contribution in [0.1, 0.15) is 0 Å². The van der Waals surface area contributed by atoms with Crippen molar-refractivity contribution in [2.75, 3.05) is 0 Å². The molecule has 2 aromatic rings. The molecule has 0 bridgehead atoms. The van der Waals surface area contributed by atoms with Gasteiger partial charge in [-0.2, -0.15) is 0 Å². The summed E-state index contributed by atoms with van der Waals surface area (Å²) in [5, 5.41) is 12.5. The topological polar surface area (TPSA) is 62.5 Å². The van der Waals surface area contributed by atoms with Crippen molar-refractivity contribution in [1.29, 1.82) is 0 Å². The molecular formula is C9H6N2O2. The lowest BCUT2D eigenvalue weighted by Crippen LogP contribution is -1.77. The summed E-state index contributed by atoms with van der Waals surface area (Å²) in [7, 11) is 0. The van der Waals surface area contributed by atoms with Crippen molar-refractivity contribution in [3.8, 4) is 5.75 Å². The number of hydrogen-bond acceptors (Lipinski definition) is 4. The van der Waals surface area contributed by atoms with Crippen LogP contribution in [0.5, 0.6) is 5.75 Å². The highest BCUT2D eigenvalue weighted by atomic mass is 16.3. The number of hydrogen-bond donors (Lipinski definition) is 1. The molecule has 1 aromatic heterocycles. The zero-order chi connectivity index (χ0) is 9.26. The first kappa shape index (κ1) is 7.67. The molecule has 0 spiro atoms. The third-order valence-corrected chi connectivity index (χ3v) is 1.79. The third-order valence-electron chi connectivity index (χ3n) is 1.79. The zero-order valence-electron chi connectivity index (χ0n) is 6.64. The molecule has 1 heterocycles. The molecule has 0 amide bonds. The van der Waals surface area contributed by atoms with Crippen LogP contribution in [0.3, 0.4) is 0 Å². The smallest absolute Gasteiger partial charge is 0.134 e. The minimum atomic E-state index is 0.0311. The lowest BCUT2D eigenvalue weighted by atomic mass is 10.2. The van der Waals surface area contributed by atoms with Gasteiger partial charge in [-0.1, -0.05) is 6.07 Å². The van der Waals surface area contributed by atoms with Crippen LogP contribution in [0.25, 0.3) is 10.9 Å². The molecule has 0 saturated heterocycles. The van der Waals surface area contributed by atoms with E-state index >= 15 is 0 Å². The minimum Gasteiger partial charge on any atom is -0.506 e. The maximum atomic E-state index is 10.4. The van der Waals surface area contributed by atoms with Gasteiger partial charge in [0.2, 0.25) is 0 Å². The Hall–Kier alpha value is -1.97. The fourth-order valence-corrected chi connectivity index (χ4v) is 1.20. The lowest BCUT2D eigenvalue weighted by molar-refractivity contribution is 0.474. The van der Waals surface area contributed by atoms with Crippen molar-refractivity contribution in [1.82, 2.24) is 4.98 Å². The summed E-state index contributed by atoms with van der Waals surface area (Å²) in [6.45, 7) is 0. The van der Waals surface area contributed by atoms with Gasteiger partial charge in [-0.3, -0.25) is 4.98 Å². The predicted octanol–water partition coefficient (Wildman–Crippen LogP) is 2.34. The number of benzene rings is 1. The highest BCUT2D eigenvalue weighted by Gasteiger charge is 2.02. The van der Waals surface area contributed by atoms with E-state index in [0.717, 1.165) is 0 Å². The molecule has 0 atom stereocenters. The maximum absolute atomic E-state index is 10.4. The standard InChI is InChI=1S/C9H6N2O2/c12-6-4-7-8(10-5-6)2-1-3-9(7)11-13/h1-5,12H. The van der Waals surface area contributed by atoms with Crippen molar-refractivity contribution in [3.63, 3.8) is 0 Å². The Morgan fingerprint density at radius 1 is 1.38 bits per heavy atom. The summed E-state index contributed by atoms with van der Waals surface area (Å²) in [5.74, 6) is 0.0311. The van der Waals surface area contributed by atoms with Crippen LogP contribution in [0.2, 0.25) is 0 Å². The number of aromatic nitrogens is 1. The van der Waals surface area contributed by atoms with E-state index in [1.54, 1.807) is 18.2 Å². The van der Waals surface area contributed by atoms with Gasteiger partial charge in [-0.25, -0.2) is 0 Å². The van der Waals surface area contributed by atoms with E-state index in [-0.39, 0.29) is 5.75 Å². The first-order chi connectivity index (χ1) is 6.31. The van der Waals surface area contributed by atoms with Crippen molar-refractivity contribution >= 4 is 16.6 Å². The van der Waals surface area contributed by atoms with E-state index in [2.05, 4.69) is 10.2 Å². The number of nitrogens with zero attached hydrogens (tertiary/aromatic N) is 2. The van der Waals surface area contributed by atoms with Crippen LogP contribution in [0.15, 0.2) is 35.6 Å². The van der Waals surface area contributed by atoms with Crippen molar-refractivity contribution in [3.05, 3.63) is 35.4 Å². The molecule has 0 aliphatic carbocycles. The molecule has 0 radical (unpaired) electrons. The Morgan fingerprint density at radius 3 is 3.00 bits per heavy atom. The Morgan fingerprint density at radius 2 is 2.23 bits per heavy atom. The van der Waals surface area contributed by atoms with E-state index in [1.165, 1.54) is 12.3 Å². The highest BCUT2D eigenvalue weighted by Crippen LogP contribution is 2.26. The minimum absolute atomic E-state index is 0.0311. The molecule has 13 heavy (non-hydrogen) atoms. The van der Waals surface area contributed by atoms with Crippen LogP contribution in [-0.2, 0) is 0 Å². The molecule has 0 fully saturated rings. The molecule has 0 aliphatic heterocycles. The molecule has 2 rings (SSSR count). The first-order valence-electron chi connectivity index (χ1n) is 3.72. The summed E-state index contributed by atoms with van der Waals surface area (Å²) in [5.41, 5.74) is 0.941. The van der Waals surface area contributed by atoms with Crippen molar-refractivity contribution in [2.45, 2.75) is 0 Å². The molecule has 4 nitrogen and oxygen atoms in total. The normalized spacial score (nSPS) is 10.2. The second kappa shape index (κ2) is 2.82. The second-order valence-electron chi connectivity index (χ2n) is 2.63. The van der Waals surface area contributed by atoms with Gasteiger partial charge in [0.25, 0.3) is 0 Å². The number of pyridine rings is 1. The van der Waals surface area contributed by atoms with Crippen LogP contribution >= 0.6 is 0 Å². The summed E-state index contributed by atoms with van der Waals surface area (Å²) in [6.07, 6.45) is 1.33. The molecular weight excluding hydrogens is 168 g/mol. The van der Waals surface area contributed by atoms with Gasteiger partial charge in [0.15, 0.2) is 0 Å². The van der Waals surface area contributed by atoms with E-state index in [1.807, 2.05) is 0 Å². The van der Waals surface area contributed by atoms with Crippen LogP contribution in [0.4, 0.5) is 5.69 Å². The summed E-state index contributed by atoms with van der Waals surface area (Å²) in [4.78, 5) is 14.3. The Balaban J connectivity index is 2.86. The quantitative estimate of drug-likeness (QED) is 0.675. The second-order valence-corrected chi connectivity index (χ2v) is 2.63. The molecule has 0 aliphatic rings. The molecule has 1 N–H and O–H groups in total. The van der Waals surface area contributed by atoms with Crippen molar-refractivity contribution in [2.24, 2.45) is 5.18 Å². The first-order valence-corrected chi connectivity index (χ1v) is 3.72. The number of fused-ring (bicyclic) bond motifs is 1. The van der Waals surface area contributed by atoms with Crippen LogP contribution in [-0.4, -0.2) is 10.1 Å². The maximum Gasteiger partial charge on any atom is 0.134 e. The average Bonchev–Trinajstić information content (AvgIpc) is 2.17. The van der Waals surface area contributed by atoms with Crippen LogP contribution < -0.4 is 0 Å².